The number of hydrogen-bond acceptors (Lipinski definition) is 6. The molecule has 0 saturated carbocycles. The summed E-state index contributed by atoms with van der Waals surface area (Å²) in [7, 11) is -3.34. The van der Waals surface area contributed by atoms with Crippen molar-refractivity contribution >= 4 is 54.0 Å². The van der Waals surface area contributed by atoms with E-state index in [2.05, 4.69) is 4.98 Å². The van der Waals surface area contributed by atoms with Gasteiger partial charge in [-0.15, -0.1) is 0 Å². The van der Waals surface area contributed by atoms with Crippen LogP contribution >= 0.6 is 22.9 Å². The van der Waals surface area contributed by atoms with E-state index in [1.54, 1.807) is 25.3 Å². The molecule has 0 unspecified atom stereocenters. The van der Waals surface area contributed by atoms with Crippen molar-refractivity contribution in [1.82, 2.24) is 4.98 Å². The average Bonchev–Trinajstić information content (AvgIpc) is 3.41. The molecular weight excluding hydrogens is 456 g/mol. The molecule has 6 nitrogen and oxygen atoms in total. The van der Waals surface area contributed by atoms with Crippen molar-refractivity contribution in [3.8, 4) is 0 Å². The number of rotatable bonds is 6. The van der Waals surface area contributed by atoms with Crippen LogP contribution in [0.1, 0.15) is 28.6 Å². The van der Waals surface area contributed by atoms with E-state index in [4.69, 9.17) is 16.0 Å². The topological polar surface area (TPSA) is 80.5 Å². The number of benzene rings is 2. The molecule has 0 aliphatic heterocycles. The molecule has 4 aromatic rings. The third-order valence-electron chi connectivity index (χ3n) is 4.85. The summed E-state index contributed by atoms with van der Waals surface area (Å²) in [6.45, 7) is 3.69. The lowest BCUT2D eigenvalue weighted by Crippen LogP contribution is -2.30. The standard InChI is InChI=1S/C22H19ClN2O4S2/c1-3-31(27,28)18-8-6-15(7-9-18)21(26)25(13-17-5-4-10-29-17)22-24-20-14(2)11-16(23)12-19(20)30-22/h4-12H,3,13H2,1-2H3. The molecule has 0 spiro atoms. The van der Waals surface area contributed by atoms with E-state index in [-0.39, 0.29) is 23.1 Å². The average molecular weight is 475 g/mol. The fourth-order valence-corrected chi connectivity index (χ4v) is 5.47. The molecule has 0 bridgehead atoms. The SMILES string of the molecule is CCS(=O)(=O)c1ccc(C(=O)N(Cc2ccco2)c2nc3c(C)cc(Cl)cc3s2)cc1. The molecule has 31 heavy (non-hydrogen) atoms. The molecule has 0 aliphatic rings. The van der Waals surface area contributed by atoms with Crippen LogP contribution in [-0.2, 0) is 16.4 Å². The van der Waals surface area contributed by atoms with E-state index in [0.717, 1.165) is 15.8 Å². The summed E-state index contributed by atoms with van der Waals surface area (Å²) < 4.78 is 30.5. The first-order valence-electron chi connectivity index (χ1n) is 9.52. The highest BCUT2D eigenvalue weighted by molar-refractivity contribution is 7.91. The number of anilines is 1. The first-order valence-corrected chi connectivity index (χ1v) is 12.4. The number of fused-ring (bicyclic) bond motifs is 1. The van der Waals surface area contributed by atoms with Gasteiger partial charge in [-0.3, -0.25) is 9.69 Å². The summed E-state index contributed by atoms with van der Waals surface area (Å²) in [6.07, 6.45) is 1.55. The molecule has 0 aliphatic carbocycles. The fraction of sp³-hybridized carbons (Fsp3) is 0.182. The molecule has 0 saturated heterocycles. The van der Waals surface area contributed by atoms with Gasteiger partial charge in [-0.2, -0.15) is 0 Å². The summed E-state index contributed by atoms with van der Waals surface area (Å²) in [5.41, 5.74) is 2.06. The van der Waals surface area contributed by atoms with Gasteiger partial charge in [0.05, 0.1) is 33.7 Å². The normalized spacial score (nSPS) is 11.7. The van der Waals surface area contributed by atoms with E-state index in [9.17, 15) is 13.2 Å². The zero-order valence-electron chi connectivity index (χ0n) is 16.8. The summed E-state index contributed by atoms with van der Waals surface area (Å²) >= 11 is 7.55. The molecule has 2 heterocycles. The minimum absolute atomic E-state index is 0.00146. The highest BCUT2D eigenvalue weighted by Crippen LogP contribution is 2.34. The molecule has 2 aromatic heterocycles. The number of carbonyl (C=O) groups is 1. The first-order chi connectivity index (χ1) is 14.8. The second-order valence-electron chi connectivity index (χ2n) is 6.96. The van der Waals surface area contributed by atoms with Crippen LogP contribution in [0.4, 0.5) is 5.13 Å². The van der Waals surface area contributed by atoms with Crippen molar-refractivity contribution in [2.24, 2.45) is 0 Å². The summed E-state index contributed by atoms with van der Waals surface area (Å²) in [6, 6.07) is 13.2. The maximum Gasteiger partial charge on any atom is 0.260 e. The second-order valence-corrected chi connectivity index (χ2v) is 10.7. The second kappa shape index (κ2) is 8.45. The Kier molecular flexibility index (Phi) is 5.88. The van der Waals surface area contributed by atoms with E-state index < -0.39 is 9.84 Å². The van der Waals surface area contributed by atoms with Crippen molar-refractivity contribution in [1.29, 1.82) is 0 Å². The van der Waals surface area contributed by atoms with E-state index in [0.29, 0.717) is 21.5 Å². The summed E-state index contributed by atoms with van der Waals surface area (Å²) in [4.78, 5) is 19.8. The lowest BCUT2D eigenvalue weighted by molar-refractivity contribution is 0.0983. The zero-order valence-corrected chi connectivity index (χ0v) is 19.2. The Balaban J connectivity index is 1.75. The van der Waals surface area contributed by atoms with Crippen LogP contribution < -0.4 is 4.90 Å². The molecule has 4 rings (SSSR count). The lowest BCUT2D eigenvalue weighted by Gasteiger charge is -2.19. The number of nitrogens with zero attached hydrogens (tertiary/aromatic N) is 2. The van der Waals surface area contributed by atoms with Crippen LogP contribution in [0.3, 0.4) is 0 Å². The smallest absolute Gasteiger partial charge is 0.260 e. The van der Waals surface area contributed by atoms with Gasteiger partial charge in [0.15, 0.2) is 15.0 Å². The fourth-order valence-electron chi connectivity index (χ4n) is 3.17. The van der Waals surface area contributed by atoms with Gasteiger partial charge in [-0.1, -0.05) is 29.9 Å². The number of halogens is 1. The van der Waals surface area contributed by atoms with E-state index in [1.807, 2.05) is 19.1 Å². The number of furan rings is 1. The van der Waals surface area contributed by atoms with Crippen molar-refractivity contribution < 1.29 is 17.6 Å². The predicted molar refractivity (Wildman–Crippen MR) is 123 cm³/mol. The Morgan fingerprint density at radius 3 is 2.58 bits per heavy atom. The third kappa shape index (κ3) is 4.37. The molecule has 0 radical (unpaired) electrons. The molecule has 160 valence electrons. The number of thiazole rings is 1. The minimum Gasteiger partial charge on any atom is -0.467 e. The summed E-state index contributed by atoms with van der Waals surface area (Å²) in [5.74, 6) is 0.297. The largest absolute Gasteiger partial charge is 0.467 e. The Hall–Kier alpha value is -2.68. The van der Waals surface area contributed by atoms with Crippen LogP contribution in [0, 0.1) is 6.92 Å². The molecule has 0 atom stereocenters. The number of sulfone groups is 1. The van der Waals surface area contributed by atoms with Gasteiger partial charge in [0.2, 0.25) is 0 Å². The van der Waals surface area contributed by atoms with Gasteiger partial charge < -0.3 is 4.42 Å². The van der Waals surface area contributed by atoms with Gasteiger partial charge >= 0.3 is 0 Å². The molecule has 0 fully saturated rings. The highest BCUT2D eigenvalue weighted by atomic mass is 35.5. The third-order valence-corrected chi connectivity index (χ3v) is 7.84. The maximum atomic E-state index is 13.4. The Morgan fingerprint density at radius 1 is 1.19 bits per heavy atom. The van der Waals surface area contributed by atoms with Crippen LogP contribution in [0.5, 0.6) is 0 Å². The van der Waals surface area contributed by atoms with Crippen molar-refractivity contribution in [3.05, 3.63) is 76.7 Å². The quantitative estimate of drug-likeness (QED) is 0.369. The van der Waals surface area contributed by atoms with E-state index in [1.165, 1.54) is 40.5 Å². The lowest BCUT2D eigenvalue weighted by atomic mass is 10.2. The number of hydrogen-bond donors (Lipinski definition) is 0. The minimum atomic E-state index is -3.34. The van der Waals surface area contributed by atoms with Crippen LogP contribution in [0.2, 0.25) is 5.02 Å². The van der Waals surface area contributed by atoms with Gasteiger partial charge in [-0.25, -0.2) is 13.4 Å². The van der Waals surface area contributed by atoms with Gasteiger partial charge in [0.1, 0.15) is 5.76 Å². The van der Waals surface area contributed by atoms with Crippen molar-refractivity contribution in [3.63, 3.8) is 0 Å². The molecule has 0 N–H and O–H groups in total. The molecular formula is C22H19ClN2O4S2. The first kappa shape index (κ1) is 21.5. The zero-order chi connectivity index (χ0) is 22.2. The monoisotopic (exact) mass is 474 g/mol. The van der Waals surface area contributed by atoms with Crippen molar-refractivity contribution in [2.45, 2.75) is 25.3 Å². The van der Waals surface area contributed by atoms with Crippen molar-refractivity contribution in [2.75, 3.05) is 10.7 Å². The van der Waals surface area contributed by atoms with Crippen LogP contribution in [0.25, 0.3) is 10.2 Å². The Morgan fingerprint density at radius 2 is 1.94 bits per heavy atom. The number of carbonyl (C=O) groups excluding carboxylic acids is 1. The Bertz CT molecular complexity index is 1340. The van der Waals surface area contributed by atoms with Crippen LogP contribution in [-0.4, -0.2) is 25.1 Å². The predicted octanol–water partition coefficient (Wildman–Crippen LogP) is 5.49. The molecule has 9 heteroatoms. The van der Waals surface area contributed by atoms with Crippen LogP contribution in [0.15, 0.2) is 64.1 Å². The van der Waals surface area contributed by atoms with Gasteiger partial charge in [0.25, 0.3) is 5.91 Å². The van der Waals surface area contributed by atoms with E-state index >= 15 is 0 Å². The number of amides is 1. The highest BCUT2D eigenvalue weighted by Gasteiger charge is 2.24. The van der Waals surface area contributed by atoms with Gasteiger partial charge in [0, 0.05) is 10.6 Å². The molecule has 1 amide bonds. The Labute approximate surface area is 189 Å². The summed E-state index contributed by atoms with van der Waals surface area (Å²) in [5, 5.41) is 1.11. The maximum absolute atomic E-state index is 13.4. The van der Waals surface area contributed by atoms with Gasteiger partial charge in [-0.05, 0) is 61.0 Å². The number of aryl methyl sites for hydroxylation is 1. The molecule has 2 aromatic carbocycles. The number of aromatic nitrogens is 1.